The standard InChI is InChI=1S/C36H39N3O4/c1-21(37-35(42)43-20-31-27-9-5-3-7-25(27)26-8-4-6-10-28(26)31)34(41)39-38-33-16-15-32-30-13-11-22-19-23(40)12-14-24(22)29(30)17-18-36(32,33)2/h3-10,12,14,19,21,29-32,40H,11,13,15-18,20H2,1-2H3,(H,37,42)(H,39,41)/b38-33-/t21-,29+,30+,32-,36-/m0/s1. The van der Waals surface area contributed by atoms with Crippen molar-refractivity contribution in [2.45, 2.75) is 70.3 Å². The third-order valence-corrected chi connectivity index (χ3v) is 10.8. The van der Waals surface area contributed by atoms with E-state index in [-0.39, 0.29) is 23.8 Å². The molecule has 43 heavy (non-hydrogen) atoms. The first-order valence-electron chi connectivity index (χ1n) is 15.6. The Balaban J connectivity index is 0.954. The van der Waals surface area contributed by atoms with Crippen molar-refractivity contribution in [3.63, 3.8) is 0 Å². The van der Waals surface area contributed by atoms with E-state index in [4.69, 9.17) is 4.74 Å². The summed E-state index contributed by atoms with van der Waals surface area (Å²) in [7, 11) is 0. The fourth-order valence-electron chi connectivity index (χ4n) is 8.64. The number of benzene rings is 3. The zero-order chi connectivity index (χ0) is 29.7. The number of nitrogens with zero attached hydrogens (tertiary/aromatic N) is 1. The number of phenols is 1. The fraction of sp³-hybridized carbons (Fsp3) is 0.417. The van der Waals surface area contributed by atoms with Gasteiger partial charge in [-0.15, -0.1) is 0 Å². The highest BCUT2D eigenvalue weighted by Crippen LogP contribution is 2.60. The van der Waals surface area contributed by atoms with Gasteiger partial charge >= 0.3 is 6.09 Å². The predicted molar refractivity (Wildman–Crippen MR) is 166 cm³/mol. The first-order valence-corrected chi connectivity index (χ1v) is 15.6. The molecule has 4 aliphatic carbocycles. The molecule has 0 unspecified atom stereocenters. The van der Waals surface area contributed by atoms with Crippen LogP contribution in [-0.4, -0.2) is 35.5 Å². The number of hydrogen-bond acceptors (Lipinski definition) is 5. The lowest BCUT2D eigenvalue weighted by atomic mass is 9.55. The van der Waals surface area contributed by atoms with Crippen LogP contribution in [0.25, 0.3) is 11.1 Å². The number of aromatic hydroxyl groups is 1. The van der Waals surface area contributed by atoms with E-state index in [1.165, 1.54) is 22.3 Å². The molecule has 0 bridgehead atoms. The molecule has 2 fully saturated rings. The molecule has 7 heteroatoms. The lowest BCUT2D eigenvalue weighted by molar-refractivity contribution is -0.122. The third-order valence-electron chi connectivity index (χ3n) is 10.8. The van der Waals surface area contributed by atoms with Crippen molar-refractivity contribution in [1.82, 2.24) is 10.7 Å². The smallest absolute Gasteiger partial charge is 0.407 e. The summed E-state index contributed by atoms with van der Waals surface area (Å²) in [5, 5.41) is 17.3. The van der Waals surface area contributed by atoms with Gasteiger partial charge in [-0.1, -0.05) is 61.5 Å². The molecule has 7 rings (SSSR count). The summed E-state index contributed by atoms with van der Waals surface area (Å²) < 4.78 is 5.63. The van der Waals surface area contributed by atoms with Crippen molar-refractivity contribution in [3.8, 4) is 16.9 Å². The Bertz CT molecular complexity index is 1570. The van der Waals surface area contributed by atoms with Gasteiger partial charge in [-0.3, -0.25) is 4.79 Å². The monoisotopic (exact) mass is 577 g/mol. The van der Waals surface area contributed by atoms with Crippen molar-refractivity contribution in [2.24, 2.45) is 22.4 Å². The molecule has 3 aromatic carbocycles. The van der Waals surface area contributed by atoms with Crippen molar-refractivity contribution in [2.75, 3.05) is 6.61 Å². The Morgan fingerprint density at radius 1 is 0.977 bits per heavy atom. The summed E-state index contributed by atoms with van der Waals surface area (Å²) in [5.74, 6) is 1.61. The Labute approximate surface area is 252 Å². The number of amides is 2. The maximum absolute atomic E-state index is 13.0. The fourth-order valence-corrected chi connectivity index (χ4v) is 8.64. The second-order valence-electron chi connectivity index (χ2n) is 13.0. The Morgan fingerprint density at radius 3 is 2.44 bits per heavy atom. The molecule has 0 aliphatic heterocycles. The minimum absolute atomic E-state index is 0.0354. The van der Waals surface area contributed by atoms with E-state index in [0.29, 0.717) is 23.5 Å². The molecule has 3 N–H and O–H groups in total. The number of fused-ring (bicyclic) bond motifs is 8. The molecular formula is C36H39N3O4. The maximum atomic E-state index is 13.0. The number of ether oxygens (including phenoxy) is 1. The van der Waals surface area contributed by atoms with Gasteiger partial charge in [0.15, 0.2) is 0 Å². The van der Waals surface area contributed by atoms with Crippen LogP contribution in [0.4, 0.5) is 4.79 Å². The average Bonchev–Trinajstić information content (AvgIpc) is 3.52. The van der Waals surface area contributed by atoms with Crippen LogP contribution in [0.5, 0.6) is 5.75 Å². The van der Waals surface area contributed by atoms with E-state index in [9.17, 15) is 14.7 Å². The first-order chi connectivity index (χ1) is 20.8. The minimum Gasteiger partial charge on any atom is -0.508 e. The largest absolute Gasteiger partial charge is 0.508 e. The molecule has 0 heterocycles. The van der Waals surface area contributed by atoms with E-state index in [1.807, 2.05) is 36.4 Å². The first kappa shape index (κ1) is 27.7. The SMILES string of the molecule is C[C@H](NC(=O)OCC1c2ccccc2-c2ccccc21)C(=O)N/N=C1/CC[C@H]2[C@@H]3CCc4cc(O)ccc4[C@H]3CC[C@]12C. The molecule has 0 radical (unpaired) electrons. The lowest BCUT2D eigenvalue weighted by Gasteiger charge is -2.49. The van der Waals surface area contributed by atoms with Gasteiger partial charge in [0.25, 0.3) is 5.91 Å². The highest BCUT2D eigenvalue weighted by Gasteiger charge is 2.53. The normalized spacial score (nSPS) is 26.8. The van der Waals surface area contributed by atoms with Crippen molar-refractivity contribution < 1.29 is 19.4 Å². The Kier molecular flexibility index (Phi) is 6.99. The number of hydrazone groups is 1. The Hall–Kier alpha value is -4.13. The van der Waals surface area contributed by atoms with Gasteiger partial charge in [-0.05, 0) is 109 Å². The van der Waals surface area contributed by atoms with Crippen LogP contribution in [0.2, 0.25) is 0 Å². The molecule has 3 aromatic rings. The van der Waals surface area contributed by atoms with Gasteiger partial charge < -0.3 is 15.2 Å². The summed E-state index contributed by atoms with van der Waals surface area (Å²) in [5.41, 5.74) is 11.1. The van der Waals surface area contributed by atoms with Crippen LogP contribution in [-0.2, 0) is 16.0 Å². The summed E-state index contributed by atoms with van der Waals surface area (Å²) >= 11 is 0. The molecule has 2 amide bonds. The zero-order valence-electron chi connectivity index (χ0n) is 24.8. The molecule has 4 aliphatic rings. The maximum Gasteiger partial charge on any atom is 0.407 e. The van der Waals surface area contributed by atoms with Gasteiger partial charge in [-0.2, -0.15) is 5.10 Å². The van der Waals surface area contributed by atoms with E-state index < -0.39 is 12.1 Å². The predicted octanol–water partition coefficient (Wildman–Crippen LogP) is 6.65. The van der Waals surface area contributed by atoms with Gasteiger partial charge in [0.2, 0.25) is 0 Å². The molecular weight excluding hydrogens is 538 g/mol. The number of aryl methyl sites for hydroxylation is 1. The zero-order valence-corrected chi connectivity index (χ0v) is 24.8. The molecule has 0 spiro atoms. The Morgan fingerprint density at radius 2 is 1.70 bits per heavy atom. The molecule has 5 atom stereocenters. The highest BCUT2D eigenvalue weighted by molar-refractivity contribution is 5.94. The molecule has 0 aromatic heterocycles. The second-order valence-corrected chi connectivity index (χ2v) is 13.0. The van der Waals surface area contributed by atoms with Gasteiger partial charge in [0.1, 0.15) is 18.4 Å². The van der Waals surface area contributed by atoms with Crippen LogP contribution in [0.15, 0.2) is 71.8 Å². The molecule has 222 valence electrons. The number of carbonyl (C=O) groups is 2. The minimum atomic E-state index is -0.785. The van der Waals surface area contributed by atoms with Crippen molar-refractivity contribution in [1.29, 1.82) is 0 Å². The van der Waals surface area contributed by atoms with Crippen LogP contribution >= 0.6 is 0 Å². The quantitative estimate of drug-likeness (QED) is 0.296. The van der Waals surface area contributed by atoms with Gasteiger partial charge in [-0.25, -0.2) is 10.2 Å². The van der Waals surface area contributed by atoms with Crippen molar-refractivity contribution >= 4 is 17.7 Å². The van der Waals surface area contributed by atoms with Crippen LogP contribution in [0.1, 0.15) is 80.0 Å². The summed E-state index contributed by atoms with van der Waals surface area (Å²) in [6.07, 6.45) is 5.58. The van der Waals surface area contributed by atoms with E-state index in [2.05, 4.69) is 53.1 Å². The molecule has 2 saturated carbocycles. The van der Waals surface area contributed by atoms with Gasteiger partial charge in [0.05, 0.1) is 0 Å². The molecule has 7 nitrogen and oxygen atoms in total. The van der Waals surface area contributed by atoms with Crippen LogP contribution in [0.3, 0.4) is 0 Å². The number of phenolic OH excluding ortho intramolecular Hbond substituents is 1. The van der Waals surface area contributed by atoms with E-state index in [0.717, 1.165) is 55.4 Å². The van der Waals surface area contributed by atoms with E-state index in [1.54, 1.807) is 6.92 Å². The second kappa shape index (κ2) is 10.9. The number of rotatable bonds is 5. The summed E-state index contributed by atoms with van der Waals surface area (Å²) in [6, 6.07) is 21.5. The number of carbonyl (C=O) groups excluding carboxylic acids is 2. The number of alkyl carbamates (subject to hydrolysis) is 1. The van der Waals surface area contributed by atoms with Crippen molar-refractivity contribution in [3.05, 3.63) is 89.0 Å². The highest BCUT2D eigenvalue weighted by atomic mass is 16.5. The molecule has 0 saturated heterocycles. The number of hydrogen-bond donors (Lipinski definition) is 3. The third kappa shape index (κ3) is 4.79. The van der Waals surface area contributed by atoms with Crippen LogP contribution < -0.4 is 10.7 Å². The lowest BCUT2D eigenvalue weighted by Crippen LogP contribution is -2.45. The average molecular weight is 578 g/mol. The summed E-state index contributed by atoms with van der Waals surface area (Å²) in [4.78, 5) is 25.7. The number of nitrogens with one attached hydrogen (secondary N) is 2. The summed E-state index contributed by atoms with van der Waals surface area (Å²) in [6.45, 7) is 4.17. The topological polar surface area (TPSA) is 100 Å². The van der Waals surface area contributed by atoms with E-state index >= 15 is 0 Å². The van der Waals surface area contributed by atoms with Gasteiger partial charge in [0, 0.05) is 17.0 Å². The van der Waals surface area contributed by atoms with Crippen LogP contribution in [0, 0.1) is 17.3 Å².